The Kier molecular flexibility index (Phi) is 1.86. The molecule has 4 heteroatoms. The molecule has 78 valence electrons. The minimum Gasteiger partial charge on any atom is -0.384 e. The number of para-hydroxylation sites is 2. The van der Waals surface area contributed by atoms with Gasteiger partial charge < -0.3 is 10.7 Å². The number of imidazole rings is 1. The number of aromatic nitrogens is 3. The number of aromatic amines is 1. The van der Waals surface area contributed by atoms with Crippen molar-refractivity contribution >= 4 is 16.9 Å². The Hall–Kier alpha value is -2.36. The number of hydrogen-bond acceptors (Lipinski definition) is 3. The van der Waals surface area contributed by atoms with Gasteiger partial charge in [0.15, 0.2) is 0 Å². The SMILES string of the molecule is Nc1cc(-c2nc3ccccc3[nH]2)ccn1. The highest BCUT2D eigenvalue weighted by Gasteiger charge is 2.04. The fraction of sp³-hybridized carbons (Fsp3) is 0. The van der Waals surface area contributed by atoms with Gasteiger partial charge in [-0.3, -0.25) is 0 Å². The number of nitrogens with one attached hydrogen (secondary N) is 1. The van der Waals surface area contributed by atoms with Gasteiger partial charge in [-0.15, -0.1) is 0 Å². The van der Waals surface area contributed by atoms with Gasteiger partial charge >= 0.3 is 0 Å². The molecule has 0 amide bonds. The fourth-order valence-corrected chi connectivity index (χ4v) is 1.69. The van der Waals surface area contributed by atoms with E-state index in [1.54, 1.807) is 12.3 Å². The summed E-state index contributed by atoms with van der Waals surface area (Å²) in [6, 6.07) is 11.6. The standard InChI is InChI=1S/C12H10N4/c13-11-7-8(5-6-14-11)12-15-9-3-1-2-4-10(9)16-12/h1-7H,(H2,13,14)(H,15,16). The fourth-order valence-electron chi connectivity index (χ4n) is 1.69. The lowest BCUT2D eigenvalue weighted by molar-refractivity contribution is 1.29. The summed E-state index contributed by atoms with van der Waals surface area (Å²) in [5.41, 5.74) is 8.56. The molecule has 16 heavy (non-hydrogen) atoms. The van der Waals surface area contributed by atoms with Crippen LogP contribution in [0.25, 0.3) is 22.4 Å². The maximum absolute atomic E-state index is 5.64. The molecule has 0 unspecified atom stereocenters. The van der Waals surface area contributed by atoms with E-state index in [1.807, 2.05) is 30.3 Å². The highest BCUT2D eigenvalue weighted by atomic mass is 14.9. The van der Waals surface area contributed by atoms with Crippen molar-refractivity contribution in [3.05, 3.63) is 42.6 Å². The lowest BCUT2D eigenvalue weighted by Crippen LogP contribution is -1.90. The largest absolute Gasteiger partial charge is 0.384 e. The van der Waals surface area contributed by atoms with Gasteiger partial charge in [0.05, 0.1) is 11.0 Å². The van der Waals surface area contributed by atoms with Gasteiger partial charge in [-0.25, -0.2) is 9.97 Å². The molecular formula is C12H10N4. The van der Waals surface area contributed by atoms with Gasteiger partial charge in [0, 0.05) is 11.8 Å². The lowest BCUT2D eigenvalue weighted by atomic mass is 10.2. The first-order valence-electron chi connectivity index (χ1n) is 4.99. The van der Waals surface area contributed by atoms with Crippen LogP contribution in [0.3, 0.4) is 0 Å². The summed E-state index contributed by atoms with van der Waals surface area (Å²) in [6.07, 6.45) is 1.68. The molecule has 3 aromatic rings. The van der Waals surface area contributed by atoms with Crippen LogP contribution >= 0.6 is 0 Å². The van der Waals surface area contributed by atoms with Crippen molar-refractivity contribution in [2.24, 2.45) is 0 Å². The monoisotopic (exact) mass is 210 g/mol. The minimum atomic E-state index is 0.498. The number of benzene rings is 1. The molecule has 2 heterocycles. The number of nitrogen functional groups attached to an aromatic ring is 1. The van der Waals surface area contributed by atoms with E-state index in [0.717, 1.165) is 22.4 Å². The van der Waals surface area contributed by atoms with Crippen molar-refractivity contribution < 1.29 is 0 Å². The molecule has 0 spiro atoms. The van der Waals surface area contributed by atoms with Gasteiger partial charge in [0.2, 0.25) is 0 Å². The van der Waals surface area contributed by atoms with Crippen LogP contribution in [-0.4, -0.2) is 15.0 Å². The van der Waals surface area contributed by atoms with Gasteiger partial charge in [-0.2, -0.15) is 0 Å². The molecule has 1 aromatic carbocycles. The Morgan fingerprint density at radius 1 is 1.12 bits per heavy atom. The molecule has 4 nitrogen and oxygen atoms in total. The minimum absolute atomic E-state index is 0.498. The summed E-state index contributed by atoms with van der Waals surface area (Å²) in [5.74, 6) is 1.31. The molecule has 2 aromatic heterocycles. The van der Waals surface area contributed by atoms with E-state index < -0.39 is 0 Å². The zero-order valence-corrected chi connectivity index (χ0v) is 8.51. The van der Waals surface area contributed by atoms with Gasteiger partial charge in [-0.1, -0.05) is 12.1 Å². The number of pyridine rings is 1. The van der Waals surface area contributed by atoms with E-state index in [2.05, 4.69) is 15.0 Å². The number of hydrogen-bond donors (Lipinski definition) is 2. The maximum Gasteiger partial charge on any atom is 0.138 e. The second-order valence-electron chi connectivity index (χ2n) is 3.57. The number of nitrogens with zero attached hydrogens (tertiary/aromatic N) is 2. The first-order valence-corrected chi connectivity index (χ1v) is 4.99. The second kappa shape index (κ2) is 3.34. The van der Waals surface area contributed by atoms with Crippen molar-refractivity contribution in [3.63, 3.8) is 0 Å². The summed E-state index contributed by atoms with van der Waals surface area (Å²) < 4.78 is 0. The molecule has 0 aliphatic carbocycles. The van der Waals surface area contributed by atoms with Gasteiger partial charge in [-0.05, 0) is 24.3 Å². The van der Waals surface area contributed by atoms with Gasteiger partial charge in [0.1, 0.15) is 11.6 Å². The Morgan fingerprint density at radius 2 is 2.00 bits per heavy atom. The van der Waals surface area contributed by atoms with E-state index in [0.29, 0.717) is 5.82 Å². The Morgan fingerprint density at radius 3 is 2.81 bits per heavy atom. The summed E-state index contributed by atoms with van der Waals surface area (Å²) in [5, 5.41) is 0. The molecule has 0 radical (unpaired) electrons. The summed E-state index contributed by atoms with van der Waals surface area (Å²) in [7, 11) is 0. The molecule has 0 saturated heterocycles. The van der Waals surface area contributed by atoms with E-state index in [4.69, 9.17) is 5.73 Å². The molecule has 0 saturated carbocycles. The molecular weight excluding hydrogens is 200 g/mol. The zero-order chi connectivity index (χ0) is 11.0. The van der Waals surface area contributed by atoms with Crippen LogP contribution in [0, 0.1) is 0 Å². The van der Waals surface area contributed by atoms with Crippen molar-refractivity contribution in [1.29, 1.82) is 0 Å². The predicted octanol–water partition coefficient (Wildman–Crippen LogP) is 2.21. The number of anilines is 1. The Labute approximate surface area is 92.2 Å². The molecule has 0 bridgehead atoms. The zero-order valence-electron chi connectivity index (χ0n) is 8.51. The first kappa shape index (κ1) is 8.91. The first-order chi connectivity index (χ1) is 7.83. The van der Waals surface area contributed by atoms with Crippen LogP contribution in [0.1, 0.15) is 0 Å². The number of H-pyrrole nitrogens is 1. The smallest absolute Gasteiger partial charge is 0.138 e. The van der Waals surface area contributed by atoms with E-state index in [1.165, 1.54) is 0 Å². The second-order valence-corrected chi connectivity index (χ2v) is 3.57. The van der Waals surface area contributed by atoms with E-state index in [-0.39, 0.29) is 0 Å². The summed E-state index contributed by atoms with van der Waals surface area (Å²) in [4.78, 5) is 11.7. The van der Waals surface area contributed by atoms with Crippen LogP contribution in [-0.2, 0) is 0 Å². The van der Waals surface area contributed by atoms with Crippen LogP contribution in [0.4, 0.5) is 5.82 Å². The van der Waals surface area contributed by atoms with Crippen molar-refractivity contribution in [2.45, 2.75) is 0 Å². The molecule has 0 aliphatic rings. The third-order valence-electron chi connectivity index (χ3n) is 2.44. The highest BCUT2D eigenvalue weighted by Crippen LogP contribution is 2.20. The van der Waals surface area contributed by atoms with Crippen molar-refractivity contribution in [1.82, 2.24) is 15.0 Å². The van der Waals surface area contributed by atoms with Crippen LogP contribution < -0.4 is 5.73 Å². The average molecular weight is 210 g/mol. The Balaban J connectivity index is 2.19. The van der Waals surface area contributed by atoms with E-state index >= 15 is 0 Å². The number of rotatable bonds is 1. The molecule has 3 rings (SSSR count). The summed E-state index contributed by atoms with van der Waals surface area (Å²) in [6.45, 7) is 0. The highest BCUT2D eigenvalue weighted by molar-refractivity contribution is 5.79. The van der Waals surface area contributed by atoms with Crippen LogP contribution in [0.5, 0.6) is 0 Å². The summed E-state index contributed by atoms with van der Waals surface area (Å²) >= 11 is 0. The molecule has 3 N–H and O–H groups in total. The predicted molar refractivity (Wildman–Crippen MR) is 63.7 cm³/mol. The van der Waals surface area contributed by atoms with Crippen molar-refractivity contribution in [2.75, 3.05) is 5.73 Å². The number of nitrogens with two attached hydrogens (primary N) is 1. The van der Waals surface area contributed by atoms with Crippen molar-refractivity contribution in [3.8, 4) is 11.4 Å². The normalized spacial score (nSPS) is 10.8. The third kappa shape index (κ3) is 1.40. The molecule has 0 atom stereocenters. The molecule has 0 fully saturated rings. The van der Waals surface area contributed by atoms with Crippen LogP contribution in [0.2, 0.25) is 0 Å². The third-order valence-corrected chi connectivity index (χ3v) is 2.44. The number of fused-ring (bicyclic) bond motifs is 1. The average Bonchev–Trinajstić information content (AvgIpc) is 2.72. The van der Waals surface area contributed by atoms with Gasteiger partial charge in [0.25, 0.3) is 0 Å². The maximum atomic E-state index is 5.64. The topological polar surface area (TPSA) is 67.6 Å². The lowest BCUT2D eigenvalue weighted by Gasteiger charge is -1.96. The quantitative estimate of drug-likeness (QED) is 0.647. The van der Waals surface area contributed by atoms with Crippen LogP contribution in [0.15, 0.2) is 42.6 Å². The molecule has 0 aliphatic heterocycles. The Bertz CT molecular complexity index is 609. The van der Waals surface area contributed by atoms with E-state index in [9.17, 15) is 0 Å².